The van der Waals surface area contributed by atoms with Crippen LogP contribution in [0.25, 0.3) is 11.3 Å². The van der Waals surface area contributed by atoms with Gasteiger partial charge in [-0.05, 0) is 12.1 Å². The Bertz CT molecular complexity index is 495. The summed E-state index contributed by atoms with van der Waals surface area (Å²) in [6, 6.07) is 8.79. The highest BCUT2D eigenvalue weighted by Crippen LogP contribution is 2.19. The molecule has 0 unspecified atom stereocenters. The zero-order valence-corrected chi connectivity index (χ0v) is 7.95. The van der Waals surface area contributed by atoms with E-state index in [1.807, 2.05) is 0 Å². The minimum absolute atomic E-state index is 0.340. The normalized spacial score (nSPS) is 10.3. The molecule has 3 heteroatoms. The van der Waals surface area contributed by atoms with Crippen LogP contribution in [-0.4, -0.2) is 0 Å². The van der Waals surface area contributed by atoms with Crippen molar-refractivity contribution in [3.63, 3.8) is 0 Å². The van der Waals surface area contributed by atoms with Gasteiger partial charge in [0.05, 0.1) is 6.20 Å². The van der Waals surface area contributed by atoms with Gasteiger partial charge in [-0.3, -0.25) is 0 Å². The predicted octanol–water partition coefficient (Wildman–Crippen LogP) is 2.56. The van der Waals surface area contributed by atoms with Gasteiger partial charge in [0.25, 0.3) is 0 Å². The van der Waals surface area contributed by atoms with Crippen molar-refractivity contribution < 1.29 is 13.3 Å². The van der Waals surface area contributed by atoms with Crippen molar-refractivity contribution >= 4 is 0 Å². The lowest BCUT2D eigenvalue weighted by molar-refractivity contribution is -0.600. The monoisotopic (exact) mass is 205 g/mol. The first-order valence-corrected chi connectivity index (χ1v) is 4.45. The third kappa shape index (κ3) is 1.81. The highest BCUT2D eigenvalue weighted by Gasteiger charge is 2.08. The van der Waals surface area contributed by atoms with E-state index in [2.05, 4.69) is 7.05 Å². The van der Waals surface area contributed by atoms with Crippen LogP contribution in [0, 0.1) is 18.7 Å². The zero-order valence-electron chi connectivity index (χ0n) is 7.95. The highest BCUT2D eigenvalue weighted by atomic mass is 19.1. The van der Waals surface area contributed by atoms with Crippen LogP contribution in [0.3, 0.4) is 0 Å². The number of rotatable bonds is 1. The first-order valence-electron chi connectivity index (χ1n) is 4.45. The topological polar surface area (TPSA) is 3.88 Å². The van der Waals surface area contributed by atoms with Crippen LogP contribution >= 0.6 is 0 Å². The second-order valence-corrected chi connectivity index (χ2v) is 3.18. The van der Waals surface area contributed by atoms with Crippen LogP contribution in [0.4, 0.5) is 8.78 Å². The van der Waals surface area contributed by atoms with E-state index in [1.165, 1.54) is 16.7 Å². The van der Waals surface area contributed by atoms with Crippen molar-refractivity contribution in [2.24, 2.45) is 0 Å². The summed E-state index contributed by atoms with van der Waals surface area (Å²) in [6.45, 7) is 0. The number of pyridine rings is 1. The van der Waals surface area contributed by atoms with E-state index in [9.17, 15) is 8.78 Å². The van der Waals surface area contributed by atoms with Gasteiger partial charge in [-0.25, -0.2) is 8.78 Å². The quantitative estimate of drug-likeness (QED) is 0.497. The number of hydrogen-bond donors (Lipinski definition) is 0. The summed E-state index contributed by atoms with van der Waals surface area (Å²) in [4.78, 5) is 0. The third-order valence-corrected chi connectivity index (χ3v) is 2.15. The van der Waals surface area contributed by atoms with E-state index < -0.39 is 11.6 Å². The molecule has 0 fully saturated rings. The molecule has 2 rings (SSSR count). The van der Waals surface area contributed by atoms with Gasteiger partial charge in [-0.1, -0.05) is 18.2 Å². The number of aromatic nitrogens is 1. The van der Waals surface area contributed by atoms with Crippen molar-refractivity contribution in [2.75, 3.05) is 0 Å². The third-order valence-electron chi connectivity index (χ3n) is 2.15. The zero-order chi connectivity index (χ0) is 10.8. The van der Waals surface area contributed by atoms with Gasteiger partial charge in [0.2, 0.25) is 0 Å². The van der Waals surface area contributed by atoms with Gasteiger partial charge in [0, 0.05) is 18.7 Å². The van der Waals surface area contributed by atoms with Gasteiger partial charge >= 0.3 is 0 Å². The standard InChI is InChI=1S/C12H9F2N/c1-15-7-3-2-4-12(15)10-6-5-9(13)8-11(10)14/h2-8H,1H2. The Morgan fingerprint density at radius 1 is 1.07 bits per heavy atom. The van der Waals surface area contributed by atoms with Crippen LogP contribution in [0.1, 0.15) is 0 Å². The number of benzene rings is 1. The Kier molecular flexibility index (Phi) is 2.37. The summed E-state index contributed by atoms with van der Waals surface area (Å²) in [6.07, 6.45) is 1.71. The molecule has 76 valence electrons. The summed E-state index contributed by atoms with van der Waals surface area (Å²) in [5.74, 6) is -1.17. The van der Waals surface area contributed by atoms with Crippen LogP contribution in [-0.2, 0) is 0 Å². The second-order valence-electron chi connectivity index (χ2n) is 3.18. The van der Waals surface area contributed by atoms with E-state index >= 15 is 0 Å². The van der Waals surface area contributed by atoms with E-state index in [1.54, 1.807) is 24.4 Å². The second kappa shape index (κ2) is 3.69. The summed E-state index contributed by atoms with van der Waals surface area (Å²) < 4.78 is 27.7. The average molecular weight is 205 g/mol. The van der Waals surface area contributed by atoms with Crippen molar-refractivity contribution in [3.05, 3.63) is 61.3 Å². The molecule has 0 atom stereocenters. The van der Waals surface area contributed by atoms with Crippen LogP contribution in [0.2, 0.25) is 0 Å². The lowest BCUT2D eigenvalue weighted by Crippen LogP contribution is -2.27. The molecule has 0 saturated heterocycles. The van der Waals surface area contributed by atoms with E-state index in [0.717, 1.165) is 6.07 Å². The fraction of sp³-hybridized carbons (Fsp3) is 0. The molecule has 0 saturated carbocycles. The Morgan fingerprint density at radius 3 is 2.53 bits per heavy atom. The molecular formula is C12H9F2N. The molecule has 0 amide bonds. The number of nitrogens with zero attached hydrogens (tertiary/aromatic N) is 1. The lowest BCUT2D eigenvalue weighted by Gasteiger charge is -2.07. The first kappa shape index (κ1) is 9.65. The fourth-order valence-corrected chi connectivity index (χ4v) is 1.42. The molecular weight excluding hydrogens is 196 g/mol. The van der Waals surface area contributed by atoms with Crippen molar-refractivity contribution in [1.82, 2.24) is 0 Å². The predicted molar refractivity (Wildman–Crippen MR) is 52.7 cm³/mol. The first-order chi connectivity index (χ1) is 7.18. The Morgan fingerprint density at radius 2 is 1.87 bits per heavy atom. The summed E-state index contributed by atoms with van der Waals surface area (Å²) in [7, 11) is 3.72. The van der Waals surface area contributed by atoms with Gasteiger partial charge in [0.15, 0.2) is 0 Å². The molecule has 15 heavy (non-hydrogen) atoms. The molecule has 0 aliphatic heterocycles. The van der Waals surface area contributed by atoms with Gasteiger partial charge in [-0.2, -0.15) is 0 Å². The highest BCUT2D eigenvalue weighted by molar-refractivity contribution is 5.56. The maximum atomic E-state index is 13.4. The maximum Gasteiger partial charge on any atom is 0.127 e. The molecule has 0 bridgehead atoms. The minimum Gasteiger partial charge on any atom is -0.333 e. The van der Waals surface area contributed by atoms with E-state index in [-0.39, 0.29) is 0 Å². The van der Waals surface area contributed by atoms with Gasteiger partial charge < -0.3 is 4.57 Å². The largest absolute Gasteiger partial charge is 0.333 e. The Hall–Kier alpha value is -1.90. The SMILES string of the molecule is [CH2-][n+]1ccccc1-c1ccc(F)cc1F. The molecule has 0 aliphatic carbocycles. The van der Waals surface area contributed by atoms with E-state index in [0.29, 0.717) is 11.3 Å². The minimum atomic E-state index is -0.585. The van der Waals surface area contributed by atoms with Gasteiger partial charge in [-0.15, -0.1) is 0 Å². The fourth-order valence-electron chi connectivity index (χ4n) is 1.42. The summed E-state index contributed by atoms with van der Waals surface area (Å²) >= 11 is 0. The lowest BCUT2D eigenvalue weighted by atomic mass is 10.1. The molecule has 1 nitrogen and oxygen atoms in total. The molecule has 0 spiro atoms. The van der Waals surface area contributed by atoms with Crippen molar-refractivity contribution in [3.8, 4) is 11.3 Å². The van der Waals surface area contributed by atoms with E-state index in [4.69, 9.17) is 0 Å². The summed E-state index contributed by atoms with van der Waals surface area (Å²) in [5, 5.41) is 0. The van der Waals surface area contributed by atoms with Crippen molar-refractivity contribution in [2.45, 2.75) is 0 Å². The van der Waals surface area contributed by atoms with Crippen LogP contribution < -0.4 is 4.57 Å². The number of hydrogen-bond acceptors (Lipinski definition) is 0. The molecule has 0 N–H and O–H groups in total. The molecule has 1 heterocycles. The maximum absolute atomic E-state index is 13.4. The Labute approximate surface area is 86.6 Å². The molecule has 2 aromatic rings. The molecule has 0 aliphatic rings. The molecule has 0 radical (unpaired) electrons. The van der Waals surface area contributed by atoms with Crippen molar-refractivity contribution in [1.29, 1.82) is 0 Å². The molecule has 1 aromatic carbocycles. The number of halogens is 2. The summed E-state index contributed by atoms with van der Waals surface area (Å²) in [5.41, 5.74) is 0.946. The van der Waals surface area contributed by atoms with Gasteiger partial charge in [0.1, 0.15) is 17.3 Å². The van der Waals surface area contributed by atoms with Crippen LogP contribution in [0.5, 0.6) is 0 Å². The Balaban J connectivity index is 2.60. The van der Waals surface area contributed by atoms with Crippen LogP contribution in [0.15, 0.2) is 42.6 Å². The smallest absolute Gasteiger partial charge is 0.127 e. The molecule has 1 aromatic heterocycles. The average Bonchev–Trinajstić information content (AvgIpc) is 2.20.